The number of thioether (sulfide) groups is 1. The summed E-state index contributed by atoms with van der Waals surface area (Å²) in [7, 11) is 3.07. The van der Waals surface area contributed by atoms with Crippen LogP contribution in [0, 0.1) is 47.4 Å². The van der Waals surface area contributed by atoms with Gasteiger partial charge in [0.15, 0.2) is 27.4 Å². The number of phenolic OH excluding ortho intramolecular Hbond substituents is 1. The van der Waals surface area contributed by atoms with E-state index in [1.807, 2.05) is 97.6 Å². The second kappa shape index (κ2) is 48.5. The molecule has 0 spiro atoms. The summed E-state index contributed by atoms with van der Waals surface area (Å²) in [6, 6.07) is 70.7. The molecule has 0 bridgehead atoms. The number of fused-ring (bicyclic) bond motifs is 3. The number of hydrogen-bond acceptors (Lipinski definition) is 39. The zero-order chi connectivity index (χ0) is 104. The Balaban J connectivity index is 0.000000147. The monoisotopic (exact) mass is 2050 g/mol. The van der Waals surface area contributed by atoms with E-state index in [2.05, 4.69) is 82.5 Å². The van der Waals surface area contributed by atoms with Crippen LogP contribution in [0.1, 0.15) is 62.8 Å². The Hall–Kier alpha value is -18.7. The van der Waals surface area contributed by atoms with Crippen molar-refractivity contribution in [3.05, 3.63) is 348 Å². The van der Waals surface area contributed by atoms with E-state index in [1.54, 1.807) is 135 Å². The first-order valence-corrected chi connectivity index (χ1v) is 45.7. The summed E-state index contributed by atoms with van der Waals surface area (Å²) in [6.45, 7) is 7.38. The van der Waals surface area contributed by atoms with Gasteiger partial charge < -0.3 is 66.6 Å². The van der Waals surface area contributed by atoms with E-state index in [1.165, 1.54) is 56.8 Å². The Morgan fingerprint density at radius 3 is 2.00 bits per heavy atom. The molecule has 2 aliphatic heterocycles. The summed E-state index contributed by atoms with van der Waals surface area (Å²) in [6.07, 6.45) is 3.77. The number of carbonyl (C=O) groups excluding carboxylic acids is 4. The van der Waals surface area contributed by atoms with Crippen molar-refractivity contribution in [1.29, 1.82) is 0 Å². The fourth-order valence-electron chi connectivity index (χ4n) is 13.6. The molecule has 146 heavy (non-hydrogen) atoms. The van der Waals surface area contributed by atoms with E-state index >= 15 is 0 Å². The van der Waals surface area contributed by atoms with Gasteiger partial charge in [-0.25, -0.2) is 30.3 Å². The predicted molar refractivity (Wildman–Crippen MR) is 546 cm³/mol. The van der Waals surface area contributed by atoms with Crippen LogP contribution in [-0.2, 0) is 30.3 Å². The number of methoxy groups -OCH3 is 2. The molecule has 2 amide bonds. The fraction of sp³-hybridized carbons (Fsp3) is 0.121. The van der Waals surface area contributed by atoms with E-state index in [0.717, 1.165) is 78.1 Å². The number of benzene rings is 11. The molecule has 47 heteroatoms. The van der Waals surface area contributed by atoms with Gasteiger partial charge in [-0.3, -0.25) is 64.7 Å². The Labute approximate surface area is 842 Å². The number of amides is 2. The van der Waals surface area contributed by atoms with Crippen molar-refractivity contribution < 1.29 is 100 Å². The van der Waals surface area contributed by atoms with Crippen LogP contribution >= 0.6 is 46.9 Å². The predicted octanol–water partition coefficient (Wildman–Crippen LogP) is 21.9. The molecule has 0 radical (unpaired) electrons. The van der Waals surface area contributed by atoms with E-state index in [9.17, 15) is 74.3 Å². The van der Waals surface area contributed by atoms with Gasteiger partial charge in [0.1, 0.15) is 45.2 Å². The number of hydrazone groups is 1. The molecule has 5 aromatic heterocycles. The molecular weight excluding hydrogens is 1970 g/mol. The molecule has 18 rings (SSSR count). The number of morpholine rings is 1. The van der Waals surface area contributed by atoms with Gasteiger partial charge in [-0.15, -0.1) is 10.2 Å². The lowest BCUT2D eigenvalue weighted by Gasteiger charge is -2.27. The van der Waals surface area contributed by atoms with Crippen molar-refractivity contribution in [2.45, 2.75) is 27.2 Å². The maximum Gasteiger partial charge on any atom is 0.514 e. The Morgan fingerprint density at radius 1 is 0.623 bits per heavy atom. The summed E-state index contributed by atoms with van der Waals surface area (Å²) >= 11 is 12.4. The number of carboxylic acids is 1. The van der Waals surface area contributed by atoms with Gasteiger partial charge in [-0.1, -0.05) is 109 Å². The van der Waals surface area contributed by atoms with Crippen LogP contribution in [0.2, 0.25) is 5.02 Å². The molecule has 0 saturated carbocycles. The number of non-ortho nitro benzene ring substituents is 2. The number of aromatic nitrogens is 4. The number of nitro benzene ring substituents is 4. The number of phenols is 1. The van der Waals surface area contributed by atoms with Crippen LogP contribution < -0.4 is 40.3 Å². The van der Waals surface area contributed by atoms with Crippen molar-refractivity contribution in [3.8, 4) is 57.1 Å². The van der Waals surface area contributed by atoms with Gasteiger partial charge in [0.2, 0.25) is 23.7 Å². The highest BCUT2D eigenvalue weighted by atomic mass is 35.5. The molecule has 5 N–H and O–H groups in total. The Bertz CT molecular complexity index is 7780. The first-order valence-electron chi connectivity index (χ1n) is 43.3. The summed E-state index contributed by atoms with van der Waals surface area (Å²) in [5.74, 6) is 1.32. The van der Waals surface area contributed by atoms with Crippen molar-refractivity contribution in [1.82, 2.24) is 24.8 Å². The number of azo groups is 1. The molecule has 0 unspecified atom stereocenters. The molecule has 2 fully saturated rings. The number of carboxylic acid groups (broad SMARTS) is 1. The first kappa shape index (κ1) is 103. The lowest BCUT2D eigenvalue weighted by molar-refractivity contribution is -0.394. The van der Waals surface area contributed by atoms with E-state index in [0.29, 0.717) is 135 Å². The molecular formula is C99H78ClN17O26S3. The van der Waals surface area contributed by atoms with Crippen LogP contribution in [-0.4, -0.2) is 155 Å². The summed E-state index contributed by atoms with van der Waals surface area (Å²) < 4.78 is 47.1. The minimum Gasteiger partial charge on any atom is -0.507 e. The minimum absolute atomic E-state index is 0.0181. The number of aryl methyl sites for hydroxylation is 2. The second-order valence-corrected chi connectivity index (χ2v) is 33.5. The third-order valence-corrected chi connectivity index (χ3v) is 23.1. The minimum atomic E-state index is -1.34. The number of halogens is 1. The van der Waals surface area contributed by atoms with Gasteiger partial charge in [-0.2, -0.15) is 20.1 Å². The molecule has 2 aliphatic rings. The number of aromatic hydroxyl groups is 1. The molecule has 7 heterocycles. The van der Waals surface area contributed by atoms with E-state index in [4.69, 9.17) is 61.2 Å². The third-order valence-electron chi connectivity index (χ3n) is 20.6. The second-order valence-electron chi connectivity index (χ2n) is 30.4. The molecule has 2 saturated heterocycles. The molecule has 11 aromatic carbocycles. The van der Waals surface area contributed by atoms with Gasteiger partial charge in [0.05, 0.1) is 93.5 Å². The maximum absolute atomic E-state index is 12.5. The third kappa shape index (κ3) is 27.1. The highest BCUT2D eigenvalue weighted by Crippen LogP contribution is 2.45. The molecule has 16 aromatic rings. The lowest BCUT2D eigenvalue weighted by atomic mass is 10.1. The SMILES string of the molecule is CCOC(=O)Oc1c([N+](=O)[O-])cc2oc(=O)sc2c1[N+](=O)[O-].CCc1cc(C(=O)N=Nc2ccc(NOC(=O)c3ccccc3)cc2)cc(OC)c1OC.Cc1ccc2nc(-c3ccc(N=Cc4cc([N+](=O)[O-])ccc4O)cc3)oc2c1.O=C(O)CN1C(=O)/C(=C/c2ccc(-c3cccc(Cl)c3)o2)SC1=S.O=[N+]([O-])c1ccc(-c2ccc(/C=N/Nc3nc(Nc4ccc5ccccc5c4)nc(N4CCOCC4)n3)o2)cc1. The average Bonchev–Trinajstić information content (AvgIpc) is 1.58. The topological polar surface area (TPSA) is 567 Å². The van der Waals surface area contributed by atoms with Crippen molar-refractivity contribution in [2.24, 2.45) is 20.3 Å². The van der Waals surface area contributed by atoms with E-state index < -0.39 is 78.2 Å². The summed E-state index contributed by atoms with van der Waals surface area (Å²) in [5.41, 5.74) is 12.6. The summed E-state index contributed by atoms with van der Waals surface area (Å²) in [5, 5.41) is 80.8. The van der Waals surface area contributed by atoms with Crippen molar-refractivity contribution in [2.75, 3.05) is 74.8 Å². The maximum atomic E-state index is 12.5. The smallest absolute Gasteiger partial charge is 0.507 e. The van der Waals surface area contributed by atoms with Crippen LogP contribution in [0.3, 0.4) is 0 Å². The van der Waals surface area contributed by atoms with E-state index in [-0.39, 0.29) is 49.8 Å². The molecule has 0 atom stereocenters. The van der Waals surface area contributed by atoms with Crippen LogP contribution in [0.25, 0.3) is 72.3 Å². The van der Waals surface area contributed by atoms with Gasteiger partial charge in [-0.05, 0) is 205 Å². The number of carbonyl (C=O) groups is 5. The Morgan fingerprint density at radius 2 is 1.31 bits per heavy atom. The highest BCUT2D eigenvalue weighted by Gasteiger charge is 2.37. The number of furan rings is 2. The number of hydrogen-bond donors (Lipinski definition) is 5. The molecule has 43 nitrogen and oxygen atoms in total. The van der Waals surface area contributed by atoms with Gasteiger partial charge in [0.25, 0.3) is 28.9 Å². The zero-order valence-corrected chi connectivity index (χ0v) is 80.1. The summed E-state index contributed by atoms with van der Waals surface area (Å²) in [4.78, 5) is 141. The number of rotatable bonds is 28. The average molecular weight is 2050 g/mol. The number of oxazole rings is 1. The highest BCUT2D eigenvalue weighted by molar-refractivity contribution is 8.26. The number of ether oxygens (including phenoxy) is 5. The van der Waals surface area contributed by atoms with Crippen LogP contribution in [0.5, 0.6) is 23.0 Å². The van der Waals surface area contributed by atoms with Crippen molar-refractivity contribution in [3.63, 3.8) is 0 Å². The Kier molecular flexibility index (Phi) is 34.3. The number of thiocarbonyl (C=S) groups is 1. The van der Waals surface area contributed by atoms with Gasteiger partial charge >= 0.3 is 34.4 Å². The largest absolute Gasteiger partial charge is 0.514 e. The fourth-order valence-corrected chi connectivity index (χ4v) is 15.8. The van der Waals surface area contributed by atoms with Crippen LogP contribution in [0.15, 0.2) is 296 Å². The number of anilines is 5. The standard InChI is InChI=1S/C28H24N8O4.C24H23N3O5.C21H15N3O4.C16H10ClNO4S2.C10H6N2O9S/c37-36(38)23-9-6-20(7-10-23)25-12-11-24(40-25)18-29-34-27-31-26(32-28(33-27)35-13-15-39-16-14-35)30-22-8-5-19-3-1-2-4-21(19)17-22;1-4-16-14-18(15-21(30-2)22(16)31-3)23(28)26-25-19-10-12-20(13-11-19)27-32-24(29)17-8-6-5-7-9-17;1-13-2-8-18-20(10-13)28-21(23-18)14-3-5-16(6-4-14)22-12-15-11-17(24(26)27)7-9-19(15)25;17-10-3-1-2-9(6-10)12-5-4-11(22-12)7-13-15(21)18(8-14(19)20)16(23)24-13;1-2-19-9(13)21-7-4(11(15)16)3-5-8(6(7)12(17)18)22-10(14)20-5/h1-12,17-18H,13-16H2,(H2,30,31,32,33,34);5-15,27H,4H2,1-3H3;2-12,25H,1H3;1-7H,8H2,(H,19,20);3H,2H2,1H3/b29-18+;;;13-7-;. The number of nitro groups is 4. The van der Waals surface area contributed by atoms with Crippen molar-refractivity contribution >= 4 is 195 Å². The lowest BCUT2D eigenvalue weighted by Crippen LogP contribution is -2.37. The normalized spacial score (nSPS) is 12.4. The zero-order valence-electron chi connectivity index (χ0n) is 76.9. The van der Waals surface area contributed by atoms with Gasteiger partial charge in [0, 0.05) is 88.2 Å². The number of nitrogens with one attached hydrogen (secondary N) is 3. The van der Waals surface area contributed by atoms with Crippen LogP contribution in [0.4, 0.5) is 68.1 Å². The first-order chi connectivity index (χ1) is 70.4. The number of nitrogens with zero attached hydrogens (tertiary/aromatic N) is 14. The quantitative estimate of drug-likeness (QED) is 0.00444. The number of aliphatic carboxylic acids is 1. The number of aliphatic imine (C=N–C) groups is 1. The molecule has 740 valence electrons. The molecule has 0 aliphatic carbocycles.